The first-order valence-corrected chi connectivity index (χ1v) is 20.2. The van der Waals surface area contributed by atoms with Crippen molar-refractivity contribution in [2.45, 2.75) is 82.8 Å². The molecule has 3 atom stereocenters. The molecule has 3 saturated heterocycles. The Balaban J connectivity index is 0.745. The average molecular weight is 796 g/mol. The highest BCUT2D eigenvalue weighted by Gasteiger charge is 2.43. The minimum Gasteiger partial charge on any atom is -0.371 e. The molecule has 14 heteroatoms. The van der Waals surface area contributed by atoms with Gasteiger partial charge >= 0.3 is 0 Å². The van der Waals surface area contributed by atoms with Crippen LogP contribution >= 0.6 is 0 Å². The number of benzene rings is 3. The number of fused-ring (bicyclic) bond motifs is 5. The maximum absolute atomic E-state index is 16.1. The second-order valence-corrected chi connectivity index (χ2v) is 17.1. The van der Waals surface area contributed by atoms with Gasteiger partial charge in [0.25, 0.3) is 12.3 Å². The Morgan fingerprint density at radius 1 is 0.948 bits per heavy atom. The average Bonchev–Trinajstić information content (AvgIpc) is 3.81. The zero-order chi connectivity index (χ0) is 40.1. The number of piperidine rings is 1. The minimum absolute atomic E-state index is 0.0426. The fourth-order valence-electron chi connectivity index (χ4n) is 10.3. The summed E-state index contributed by atoms with van der Waals surface area (Å²) in [6.45, 7) is 9.10. The number of H-pyrrole nitrogens is 1. The van der Waals surface area contributed by atoms with Gasteiger partial charge in [-0.2, -0.15) is 0 Å². The molecule has 4 aromatic rings. The molecule has 302 valence electrons. The van der Waals surface area contributed by atoms with Crippen molar-refractivity contribution in [1.29, 1.82) is 0 Å². The number of aromatic amines is 1. The van der Waals surface area contributed by atoms with Gasteiger partial charge in [0, 0.05) is 109 Å². The number of alkyl halides is 2. The lowest BCUT2D eigenvalue weighted by atomic mass is 9.87. The van der Waals surface area contributed by atoms with Crippen LogP contribution in [0.1, 0.15) is 76.1 Å². The number of allylic oxidation sites excluding steroid dienone is 1. The van der Waals surface area contributed by atoms with Crippen LogP contribution in [0.25, 0.3) is 10.9 Å². The molecule has 0 aliphatic carbocycles. The van der Waals surface area contributed by atoms with E-state index in [1.165, 1.54) is 22.6 Å². The van der Waals surface area contributed by atoms with Crippen LogP contribution in [0.3, 0.4) is 0 Å². The fourth-order valence-corrected chi connectivity index (χ4v) is 10.3. The van der Waals surface area contributed by atoms with Gasteiger partial charge in [-0.15, -0.1) is 0 Å². The first-order chi connectivity index (χ1) is 27.9. The smallest absolute Gasteiger partial charge is 0.255 e. The van der Waals surface area contributed by atoms with E-state index in [-0.39, 0.29) is 41.3 Å². The van der Waals surface area contributed by atoms with Gasteiger partial charge < -0.3 is 25.0 Å². The summed E-state index contributed by atoms with van der Waals surface area (Å²) in [5.41, 5.74) is 6.94. The second kappa shape index (κ2) is 14.0. The van der Waals surface area contributed by atoms with Crippen LogP contribution in [-0.2, 0) is 35.6 Å². The van der Waals surface area contributed by atoms with E-state index >= 15 is 8.78 Å². The second-order valence-electron chi connectivity index (χ2n) is 17.1. The molecule has 1 unspecified atom stereocenters. The van der Waals surface area contributed by atoms with Crippen molar-refractivity contribution in [2.24, 2.45) is 5.92 Å². The molecule has 6 aliphatic heterocycles. The zero-order valence-corrected chi connectivity index (χ0v) is 32.2. The van der Waals surface area contributed by atoms with Gasteiger partial charge in [-0.1, -0.05) is 30.8 Å². The van der Waals surface area contributed by atoms with Crippen molar-refractivity contribution >= 4 is 34.3 Å². The van der Waals surface area contributed by atoms with E-state index in [0.29, 0.717) is 87.6 Å². The predicted octanol–water partition coefficient (Wildman–Crippen LogP) is 5.85. The Kier molecular flexibility index (Phi) is 8.93. The molecule has 6 aliphatic rings. The lowest BCUT2D eigenvalue weighted by Crippen LogP contribution is -2.60. The molecule has 0 spiro atoms. The number of carbonyl (C=O) groups is 3. The van der Waals surface area contributed by atoms with Crippen molar-refractivity contribution in [1.82, 2.24) is 29.9 Å². The van der Waals surface area contributed by atoms with E-state index < -0.39 is 36.7 Å². The van der Waals surface area contributed by atoms with Crippen LogP contribution in [0.5, 0.6) is 0 Å². The van der Waals surface area contributed by atoms with Gasteiger partial charge in [-0.05, 0) is 72.7 Å². The first kappa shape index (κ1) is 37.1. The quantitative estimate of drug-likeness (QED) is 0.218. The van der Waals surface area contributed by atoms with E-state index in [1.807, 2.05) is 47.1 Å². The van der Waals surface area contributed by atoms with Crippen LogP contribution < -0.4 is 10.2 Å². The number of hydrogen-bond acceptors (Lipinski definition) is 6. The molecule has 0 bridgehead atoms. The monoisotopic (exact) mass is 795 g/mol. The highest BCUT2D eigenvalue weighted by molar-refractivity contribution is 6.01. The van der Waals surface area contributed by atoms with Crippen LogP contribution in [-0.4, -0.2) is 99.6 Å². The van der Waals surface area contributed by atoms with E-state index in [4.69, 9.17) is 0 Å². The molecular weight excluding hydrogens is 751 g/mol. The molecule has 3 amide bonds. The van der Waals surface area contributed by atoms with Crippen molar-refractivity contribution < 1.29 is 31.9 Å². The van der Waals surface area contributed by atoms with Crippen LogP contribution in [0.4, 0.5) is 23.2 Å². The Bertz CT molecular complexity index is 2360. The highest BCUT2D eigenvalue weighted by Crippen LogP contribution is 2.44. The lowest BCUT2D eigenvalue weighted by molar-refractivity contribution is -0.140. The summed E-state index contributed by atoms with van der Waals surface area (Å²) in [5, 5.41) is 3.71. The number of aromatic nitrogens is 1. The first-order valence-electron chi connectivity index (χ1n) is 20.2. The van der Waals surface area contributed by atoms with E-state index in [1.54, 1.807) is 4.90 Å². The van der Waals surface area contributed by atoms with Gasteiger partial charge in [-0.3, -0.25) is 24.2 Å². The van der Waals surface area contributed by atoms with Crippen molar-refractivity contribution in [3.8, 4) is 0 Å². The molecule has 0 radical (unpaired) electrons. The predicted molar refractivity (Wildman–Crippen MR) is 209 cm³/mol. The van der Waals surface area contributed by atoms with Gasteiger partial charge in [0.05, 0.1) is 12.6 Å². The SMILES string of the molecule is C=C1CCC(N2Cc3cc4c(cc3C2=O)CN(C2CN(C(=O)CC3CN(c5cc(F)c([C@@H]6c7[nH]c8ccccc8c7C[C@@H](C)N6CC(F)F)c(F)c5)C3)C2)C4)C(=O)N1. The topological polar surface area (TPSA) is 95.2 Å². The number of para-hydroxylation sites is 1. The maximum Gasteiger partial charge on any atom is 0.255 e. The molecule has 58 heavy (non-hydrogen) atoms. The number of anilines is 1. The number of amides is 3. The number of nitrogens with zero attached hydrogens (tertiary/aromatic N) is 5. The summed E-state index contributed by atoms with van der Waals surface area (Å²) in [5.74, 6) is -1.75. The Labute approximate surface area is 333 Å². The van der Waals surface area contributed by atoms with Crippen molar-refractivity contribution in [3.05, 3.63) is 112 Å². The normalized spacial score (nSPS) is 24.0. The maximum atomic E-state index is 16.1. The summed E-state index contributed by atoms with van der Waals surface area (Å²) < 4.78 is 59.9. The molecule has 0 saturated carbocycles. The molecule has 2 N–H and O–H groups in total. The third-order valence-corrected chi connectivity index (χ3v) is 13.4. The number of carbonyl (C=O) groups excluding carboxylic acids is 3. The Morgan fingerprint density at radius 3 is 2.40 bits per heavy atom. The molecule has 3 fully saturated rings. The Morgan fingerprint density at radius 2 is 1.67 bits per heavy atom. The van der Waals surface area contributed by atoms with Gasteiger partial charge in [0.1, 0.15) is 17.7 Å². The largest absolute Gasteiger partial charge is 0.371 e. The Hall–Kier alpha value is -5.21. The summed E-state index contributed by atoms with van der Waals surface area (Å²) in [7, 11) is 0. The zero-order valence-electron chi connectivity index (χ0n) is 32.2. The van der Waals surface area contributed by atoms with Gasteiger partial charge in [0.2, 0.25) is 11.8 Å². The number of nitrogens with one attached hydrogen (secondary N) is 2. The van der Waals surface area contributed by atoms with Gasteiger partial charge in [0.15, 0.2) is 0 Å². The molecule has 7 heterocycles. The third kappa shape index (κ3) is 6.18. The highest BCUT2D eigenvalue weighted by atomic mass is 19.3. The molecular formula is C44H45F4N7O3. The molecule has 10 nitrogen and oxygen atoms in total. The summed E-state index contributed by atoms with van der Waals surface area (Å²) >= 11 is 0. The number of rotatable bonds is 8. The van der Waals surface area contributed by atoms with Gasteiger partial charge in [-0.25, -0.2) is 17.6 Å². The standard InChI is InChI=1S/C44H45F4N7O3/c1-23-7-8-37(43(57)49-23)55-19-28-11-26-17-52(18-27(26)12-32(28)44(55)58)30-20-53(21-30)39(56)10-25-15-51(16-25)29-13-34(45)40(35(46)14-29)42-41-33(9-24(2)54(42)22-38(47)48)31-5-3-4-6-36(31)50-41/h3-6,11-14,24-25,30,37-38,42,50H,1,7-10,15-22H2,2H3,(H,49,57)/t24-,37?,42-/m1/s1. The van der Waals surface area contributed by atoms with Crippen LogP contribution in [0.2, 0.25) is 0 Å². The van der Waals surface area contributed by atoms with Crippen LogP contribution in [0, 0.1) is 17.6 Å². The van der Waals surface area contributed by atoms with Crippen molar-refractivity contribution in [3.63, 3.8) is 0 Å². The van der Waals surface area contributed by atoms with Crippen molar-refractivity contribution in [2.75, 3.05) is 37.6 Å². The molecule has 10 rings (SSSR count). The van der Waals surface area contributed by atoms with E-state index in [2.05, 4.69) is 27.8 Å². The van der Waals surface area contributed by atoms with E-state index in [0.717, 1.165) is 34.1 Å². The molecule has 1 aromatic heterocycles. The minimum atomic E-state index is -2.68. The summed E-state index contributed by atoms with van der Waals surface area (Å²) in [6, 6.07) is 12.6. The fraction of sp³-hybridized carbons (Fsp3) is 0.432. The third-order valence-electron chi connectivity index (χ3n) is 13.4. The summed E-state index contributed by atoms with van der Waals surface area (Å²) in [6.07, 6.45) is -0.624. The lowest BCUT2D eigenvalue weighted by Gasteiger charge is -2.46. The number of likely N-dealkylation sites (tertiary alicyclic amines) is 1. The molecule has 3 aromatic carbocycles. The number of halogens is 4. The summed E-state index contributed by atoms with van der Waals surface area (Å²) in [4.78, 5) is 51.8. The van der Waals surface area contributed by atoms with Crippen LogP contribution in [0.15, 0.2) is 60.8 Å². The van der Waals surface area contributed by atoms with E-state index in [9.17, 15) is 23.2 Å². The number of hydrogen-bond donors (Lipinski definition) is 2.